The molecule has 3 aliphatic rings. The van der Waals surface area contributed by atoms with E-state index >= 15 is 0 Å². The van der Waals surface area contributed by atoms with Gasteiger partial charge in [0.05, 0.1) is 18.7 Å². The molecule has 2 saturated heterocycles. The smallest absolute Gasteiger partial charge is 0.250 e. The van der Waals surface area contributed by atoms with Crippen LogP contribution in [0.25, 0.3) is 0 Å². The Labute approximate surface area is 190 Å². The summed E-state index contributed by atoms with van der Waals surface area (Å²) in [5, 5.41) is 7.08. The molecular weight excluding hydrogens is 437 g/mol. The molecule has 6 nitrogen and oxygen atoms in total. The molecule has 2 fully saturated rings. The van der Waals surface area contributed by atoms with Crippen LogP contribution in [0.2, 0.25) is 10.0 Å². The minimum atomic E-state index is -1.07. The van der Waals surface area contributed by atoms with Crippen LogP contribution in [-0.2, 0) is 15.1 Å². The van der Waals surface area contributed by atoms with Gasteiger partial charge in [-0.05, 0) is 68.6 Å². The number of fused-ring (bicyclic) bond motifs is 4. The van der Waals surface area contributed by atoms with E-state index in [0.29, 0.717) is 27.9 Å². The first kappa shape index (κ1) is 20.6. The van der Waals surface area contributed by atoms with Crippen LogP contribution in [0.15, 0.2) is 30.3 Å². The highest BCUT2D eigenvalue weighted by Gasteiger charge is 2.65. The van der Waals surface area contributed by atoms with Crippen molar-refractivity contribution in [1.82, 2.24) is 4.90 Å². The van der Waals surface area contributed by atoms with Crippen LogP contribution in [0, 0.1) is 12.8 Å². The van der Waals surface area contributed by atoms with Gasteiger partial charge in [0.1, 0.15) is 11.3 Å². The SMILES string of the molecule is COc1ccc(Cl)cc1NC(=O)C1CC2CCCN2C12C(=O)Nc1c(C)cc(Cl)cc12. The summed E-state index contributed by atoms with van der Waals surface area (Å²) in [6.07, 6.45) is 2.58. The minimum Gasteiger partial charge on any atom is -0.495 e. The summed E-state index contributed by atoms with van der Waals surface area (Å²) < 4.78 is 5.38. The van der Waals surface area contributed by atoms with Gasteiger partial charge < -0.3 is 15.4 Å². The Bertz CT molecular complexity index is 1110. The first-order valence-corrected chi connectivity index (χ1v) is 11.1. The number of benzene rings is 2. The Morgan fingerprint density at radius 3 is 2.84 bits per heavy atom. The Hall–Kier alpha value is -2.28. The van der Waals surface area contributed by atoms with E-state index < -0.39 is 11.5 Å². The van der Waals surface area contributed by atoms with E-state index in [0.717, 1.165) is 36.2 Å². The van der Waals surface area contributed by atoms with Crippen molar-refractivity contribution in [3.05, 3.63) is 51.5 Å². The predicted octanol–water partition coefficient (Wildman–Crippen LogP) is 4.58. The zero-order valence-electron chi connectivity index (χ0n) is 17.3. The van der Waals surface area contributed by atoms with Crippen LogP contribution in [0.4, 0.5) is 11.4 Å². The summed E-state index contributed by atoms with van der Waals surface area (Å²) in [7, 11) is 1.54. The van der Waals surface area contributed by atoms with Crippen molar-refractivity contribution in [3.8, 4) is 5.75 Å². The van der Waals surface area contributed by atoms with Crippen molar-refractivity contribution >= 4 is 46.4 Å². The van der Waals surface area contributed by atoms with Crippen molar-refractivity contribution in [1.29, 1.82) is 0 Å². The molecule has 8 heteroatoms. The summed E-state index contributed by atoms with van der Waals surface area (Å²) in [6, 6.07) is 8.92. The molecular formula is C23H23Cl2N3O3. The van der Waals surface area contributed by atoms with Crippen LogP contribution >= 0.6 is 23.2 Å². The highest BCUT2D eigenvalue weighted by molar-refractivity contribution is 6.31. The van der Waals surface area contributed by atoms with E-state index in [1.807, 2.05) is 19.1 Å². The van der Waals surface area contributed by atoms with Crippen LogP contribution < -0.4 is 15.4 Å². The number of anilines is 2. The van der Waals surface area contributed by atoms with Gasteiger partial charge in [-0.3, -0.25) is 14.5 Å². The molecule has 3 atom stereocenters. The second-order valence-corrected chi connectivity index (χ2v) is 9.35. The average molecular weight is 460 g/mol. The van der Waals surface area contributed by atoms with Crippen LogP contribution in [0.3, 0.4) is 0 Å². The van der Waals surface area contributed by atoms with Gasteiger partial charge in [-0.2, -0.15) is 0 Å². The van der Waals surface area contributed by atoms with Crippen molar-refractivity contribution < 1.29 is 14.3 Å². The average Bonchev–Trinajstić information content (AvgIpc) is 3.37. The number of amides is 2. The van der Waals surface area contributed by atoms with E-state index in [-0.39, 0.29) is 17.9 Å². The van der Waals surface area contributed by atoms with Crippen LogP contribution in [0.1, 0.15) is 30.4 Å². The number of nitrogens with zero attached hydrogens (tertiary/aromatic N) is 1. The molecule has 3 aliphatic heterocycles. The first-order chi connectivity index (χ1) is 14.9. The largest absolute Gasteiger partial charge is 0.495 e. The molecule has 2 N–H and O–H groups in total. The van der Waals surface area contributed by atoms with Gasteiger partial charge in [0.15, 0.2) is 0 Å². The minimum absolute atomic E-state index is 0.157. The molecule has 1 spiro atoms. The van der Waals surface area contributed by atoms with Crippen molar-refractivity contribution in [2.24, 2.45) is 5.92 Å². The third kappa shape index (κ3) is 2.96. The fraction of sp³-hybridized carbons (Fsp3) is 0.391. The van der Waals surface area contributed by atoms with E-state index in [1.54, 1.807) is 18.2 Å². The lowest BCUT2D eigenvalue weighted by molar-refractivity contribution is -0.135. The summed E-state index contributed by atoms with van der Waals surface area (Å²) >= 11 is 12.6. The number of hydrogen-bond donors (Lipinski definition) is 2. The fourth-order valence-corrected chi connectivity index (χ4v) is 6.10. The maximum atomic E-state index is 13.7. The van der Waals surface area contributed by atoms with Gasteiger partial charge in [-0.15, -0.1) is 0 Å². The molecule has 3 heterocycles. The highest BCUT2D eigenvalue weighted by Crippen LogP contribution is 2.56. The summed E-state index contributed by atoms with van der Waals surface area (Å²) in [5.41, 5.74) is 1.88. The van der Waals surface area contributed by atoms with Crippen molar-refractivity contribution in [2.75, 3.05) is 24.3 Å². The quantitative estimate of drug-likeness (QED) is 0.704. The van der Waals surface area contributed by atoms with Gasteiger partial charge >= 0.3 is 0 Å². The molecule has 2 aromatic carbocycles. The van der Waals surface area contributed by atoms with Gasteiger partial charge in [0.25, 0.3) is 0 Å². The van der Waals surface area contributed by atoms with E-state index in [2.05, 4.69) is 15.5 Å². The van der Waals surface area contributed by atoms with Crippen molar-refractivity contribution in [3.63, 3.8) is 0 Å². The topological polar surface area (TPSA) is 70.7 Å². The van der Waals surface area contributed by atoms with Gasteiger partial charge in [-0.25, -0.2) is 0 Å². The van der Waals surface area contributed by atoms with Crippen molar-refractivity contribution in [2.45, 2.75) is 37.8 Å². The lowest BCUT2D eigenvalue weighted by Gasteiger charge is -2.36. The highest BCUT2D eigenvalue weighted by atomic mass is 35.5. The molecule has 2 amide bonds. The number of rotatable bonds is 3. The normalized spacial score (nSPS) is 26.6. The van der Waals surface area contributed by atoms with Gasteiger partial charge in [-0.1, -0.05) is 23.2 Å². The molecule has 0 aromatic heterocycles. The number of ether oxygens (including phenoxy) is 1. The second kappa shape index (κ2) is 7.40. The van der Waals surface area contributed by atoms with E-state index in [4.69, 9.17) is 27.9 Å². The molecule has 0 aliphatic carbocycles. The number of carbonyl (C=O) groups excluding carboxylic acids is 2. The lowest BCUT2D eigenvalue weighted by Crippen LogP contribution is -2.53. The predicted molar refractivity (Wildman–Crippen MR) is 121 cm³/mol. The number of aryl methyl sites for hydroxylation is 1. The van der Waals surface area contributed by atoms with E-state index in [9.17, 15) is 9.59 Å². The Balaban J connectivity index is 1.61. The zero-order chi connectivity index (χ0) is 21.9. The summed E-state index contributed by atoms with van der Waals surface area (Å²) in [4.78, 5) is 29.5. The Kier molecular flexibility index (Phi) is 4.92. The molecule has 0 radical (unpaired) electrons. The molecule has 3 unspecified atom stereocenters. The first-order valence-electron chi connectivity index (χ1n) is 10.4. The number of nitrogens with one attached hydrogen (secondary N) is 2. The van der Waals surface area contributed by atoms with E-state index in [1.165, 1.54) is 7.11 Å². The zero-order valence-corrected chi connectivity index (χ0v) is 18.8. The molecule has 0 saturated carbocycles. The van der Waals surface area contributed by atoms with Crippen LogP contribution in [-0.4, -0.2) is 36.4 Å². The standard InChI is InChI=1S/C23H23Cl2N3O3/c1-12-8-14(25)9-16-20(12)27-22(30)23(16)17(11-15-4-3-7-28(15)23)21(29)26-18-10-13(24)5-6-19(18)31-2/h5-6,8-10,15,17H,3-4,7,11H2,1-2H3,(H,26,29)(H,27,30). The molecule has 31 heavy (non-hydrogen) atoms. The maximum Gasteiger partial charge on any atom is 0.250 e. The maximum absolute atomic E-state index is 13.7. The second-order valence-electron chi connectivity index (χ2n) is 8.48. The summed E-state index contributed by atoms with van der Waals surface area (Å²) in [5.74, 6) is -0.438. The van der Waals surface area contributed by atoms with Gasteiger partial charge in [0, 0.05) is 27.3 Å². The van der Waals surface area contributed by atoms with Crippen LogP contribution in [0.5, 0.6) is 5.75 Å². The molecule has 162 valence electrons. The lowest BCUT2D eigenvalue weighted by atomic mass is 9.78. The number of carbonyl (C=O) groups is 2. The summed E-state index contributed by atoms with van der Waals surface area (Å²) in [6.45, 7) is 2.69. The Morgan fingerprint density at radius 1 is 1.26 bits per heavy atom. The third-order valence-corrected chi connectivity index (χ3v) is 7.33. The molecule has 0 bridgehead atoms. The molecule has 5 rings (SSSR count). The van der Waals surface area contributed by atoms with Gasteiger partial charge in [0.2, 0.25) is 11.8 Å². The number of hydrogen-bond acceptors (Lipinski definition) is 4. The fourth-order valence-electron chi connectivity index (χ4n) is 5.65. The monoisotopic (exact) mass is 459 g/mol. The Morgan fingerprint density at radius 2 is 2.06 bits per heavy atom. The molecule has 2 aromatic rings. The number of halogens is 2. The number of methoxy groups -OCH3 is 1. The third-order valence-electron chi connectivity index (χ3n) is 6.87.